The minimum atomic E-state index is -4.17. The molecule has 6 atom stereocenters. The van der Waals surface area contributed by atoms with Crippen molar-refractivity contribution in [1.29, 1.82) is 0 Å². The molecule has 1 aliphatic rings. The van der Waals surface area contributed by atoms with Crippen LogP contribution in [0, 0.1) is 6.92 Å². The molecule has 1 aromatic heterocycles. The molecule has 2 heterocycles. The largest absolute Gasteiger partial charge is 0.459 e. The first-order valence-electron chi connectivity index (χ1n) is 12.9. The highest BCUT2D eigenvalue weighted by Gasteiger charge is 2.47. The Bertz CT molecular complexity index is 1200. The number of aromatic nitrogens is 2. The van der Waals surface area contributed by atoms with E-state index in [1.807, 2.05) is 13.8 Å². The van der Waals surface area contributed by atoms with E-state index < -0.39 is 62.5 Å². The standard InChI is InChI=1S/C25H37FN3O9P/c1-5-12-34-24(35-13-6-2)17(4)28-39(33,38-18-10-8-7-9-11-18)36-15-19-21(30)20(26)23(37-19)29-14-16(3)22(31)27-25(29)32/h7-11,14,17,19-21,23-24,30H,5-6,12-13,15H2,1-4H3,(H,28,33)(H,27,31,32)/t17-,19-,20+,21-,23-,39?/m0/s1. The molecule has 3 N–H and O–H groups in total. The maximum absolute atomic E-state index is 15.0. The molecule has 1 unspecified atom stereocenters. The molecule has 14 heteroatoms. The number of aliphatic hydroxyl groups excluding tert-OH is 1. The molecule has 0 saturated carbocycles. The summed E-state index contributed by atoms with van der Waals surface area (Å²) in [5, 5.41) is 13.3. The zero-order valence-corrected chi connectivity index (χ0v) is 23.3. The maximum Gasteiger partial charge on any atom is 0.459 e. The van der Waals surface area contributed by atoms with Gasteiger partial charge in [0, 0.05) is 25.0 Å². The Morgan fingerprint density at radius 1 is 1.18 bits per heavy atom. The van der Waals surface area contributed by atoms with Gasteiger partial charge in [-0.3, -0.25) is 18.9 Å². The van der Waals surface area contributed by atoms with Gasteiger partial charge in [-0.05, 0) is 38.8 Å². The van der Waals surface area contributed by atoms with Crippen LogP contribution < -0.4 is 20.9 Å². The lowest BCUT2D eigenvalue weighted by molar-refractivity contribution is -0.154. The molecule has 1 fully saturated rings. The average molecular weight is 574 g/mol. The first-order valence-corrected chi connectivity index (χ1v) is 14.4. The van der Waals surface area contributed by atoms with E-state index in [9.17, 15) is 19.3 Å². The van der Waals surface area contributed by atoms with Crippen molar-refractivity contribution in [1.82, 2.24) is 14.6 Å². The summed E-state index contributed by atoms with van der Waals surface area (Å²) in [4.78, 5) is 26.0. The van der Waals surface area contributed by atoms with Crippen LogP contribution in [0.5, 0.6) is 5.75 Å². The van der Waals surface area contributed by atoms with Crippen molar-refractivity contribution in [3.63, 3.8) is 0 Å². The highest BCUT2D eigenvalue weighted by molar-refractivity contribution is 7.52. The molecule has 0 bridgehead atoms. The number of nitrogens with zero attached hydrogens (tertiary/aromatic N) is 1. The van der Waals surface area contributed by atoms with Gasteiger partial charge < -0.3 is 23.8 Å². The number of hydrogen-bond donors (Lipinski definition) is 3. The van der Waals surface area contributed by atoms with Crippen LogP contribution in [0.3, 0.4) is 0 Å². The SMILES string of the molecule is CCCOC(OCCC)[C@H](C)NP(=O)(OC[C@@H]1O[C@H](n2cc(C)c(=O)[nH]c2=O)[C@H](F)[C@H]1O)Oc1ccccc1. The third-order valence-corrected chi connectivity index (χ3v) is 7.50. The van der Waals surface area contributed by atoms with Gasteiger partial charge in [-0.1, -0.05) is 32.0 Å². The first kappa shape index (κ1) is 31.2. The van der Waals surface area contributed by atoms with Gasteiger partial charge in [-0.2, -0.15) is 0 Å². The molecule has 0 spiro atoms. The van der Waals surface area contributed by atoms with E-state index >= 15 is 4.39 Å². The Morgan fingerprint density at radius 3 is 2.44 bits per heavy atom. The third kappa shape index (κ3) is 8.31. The molecular formula is C25H37FN3O9P. The van der Waals surface area contributed by atoms with Crippen LogP contribution in [0.15, 0.2) is 46.1 Å². The molecular weight excluding hydrogens is 536 g/mol. The van der Waals surface area contributed by atoms with Crippen LogP contribution in [-0.4, -0.2) is 65.2 Å². The number of H-pyrrole nitrogens is 1. The number of hydrogen-bond acceptors (Lipinski definition) is 9. The minimum absolute atomic E-state index is 0.156. The number of aliphatic hydroxyl groups is 1. The van der Waals surface area contributed by atoms with E-state index in [1.54, 1.807) is 37.3 Å². The number of nitrogens with one attached hydrogen (secondary N) is 2. The molecule has 0 aliphatic carbocycles. The molecule has 218 valence electrons. The Morgan fingerprint density at radius 2 is 1.82 bits per heavy atom. The number of aromatic amines is 1. The fourth-order valence-corrected chi connectivity index (χ4v) is 5.38. The Balaban J connectivity index is 1.78. The highest BCUT2D eigenvalue weighted by Crippen LogP contribution is 2.46. The quantitative estimate of drug-likeness (QED) is 0.214. The predicted molar refractivity (Wildman–Crippen MR) is 140 cm³/mol. The molecule has 39 heavy (non-hydrogen) atoms. The number of halogens is 1. The molecule has 2 aromatic rings. The Labute approximate surface area is 226 Å². The zero-order chi connectivity index (χ0) is 28.6. The number of benzene rings is 1. The summed E-state index contributed by atoms with van der Waals surface area (Å²) in [7, 11) is -4.17. The summed E-state index contributed by atoms with van der Waals surface area (Å²) in [6.45, 7) is 7.31. The summed E-state index contributed by atoms with van der Waals surface area (Å²) >= 11 is 0. The second-order valence-electron chi connectivity index (χ2n) is 9.20. The van der Waals surface area contributed by atoms with Crippen LogP contribution in [0.2, 0.25) is 0 Å². The molecule has 1 aliphatic heterocycles. The highest BCUT2D eigenvalue weighted by atomic mass is 31.2. The number of aryl methyl sites for hydroxylation is 1. The fraction of sp³-hybridized carbons (Fsp3) is 0.600. The minimum Gasteiger partial charge on any atom is -0.413 e. The summed E-state index contributed by atoms with van der Waals surface area (Å²) in [6, 6.07) is 7.64. The molecule has 3 rings (SSSR count). The lowest BCUT2D eigenvalue weighted by atomic mass is 10.1. The average Bonchev–Trinajstić information content (AvgIpc) is 3.18. The van der Waals surface area contributed by atoms with Crippen molar-refractivity contribution in [2.75, 3.05) is 19.8 Å². The Kier molecular flexibility index (Phi) is 11.4. The fourth-order valence-electron chi connectivity index (χ4n) is 3.84. The van der Waals surface area contributed by atoms with Gasteiger partial charge in [0.05, 0.1) is 12.6 Å². The number of ether oxygens (including phenoxy) is 3. The van der Waals surface area contributed by atoms with Crippen molar-refractivity contribution in [2.24, 2.45) is 0 Å². The van der Waals surface area contributed by atoms with Crippen LogP contribution in [0.1, 0.15) is 45.4 Å². The topological polar surface area (TPSA) is 150 Å². The van der Waals surface area contributed by atoms with Crippen molar-refractivity contribution in [2.45, 2.75) is 77.5 Å². The Hall–Kier alpha value is -2.38. The summed E-state index contributed by atoms with van der Waals surface area (Å²) < 4.78 is 58.2. The van der Waals surface area contributed by atoms with E-state index in [4.69, 9.17) is 23.3 Å². The first-order chi connectivity index (χ1) is 18.6. The summed E-state index contributed by atoms with van der Waals surface area (Å²) in [6.07, 6.45) is -4.72. The van der Waals surface area contributed by atoms with Gasteiger partial charge in [0.1, 0.15) is 18.0 Å². The van der Waals surface area contributed by atoms with Crippen LogP contribution >= 0.6 is 7.75 Å². The number of rotatable bonds is 15. The van der Waals surface area contributed by atoms with Gasteiger partial charge in [0.25, 0.3) is 5.56 Å². The summed E-state index contributed by atoms with van der Waals surface area (Å²) in [5.74, 6) is 0.241. The van der Waals surface area contributed by atoms with Gasteiger partial charge in [0.2, 0.25) is 0 Å². The third-order valence-electron chi connectivity index (χ3n) is 5.83. The molecule has 1 saturated heterocycles. The molecule has 12 nitrogen and oxygen atoms in total. The van der Waals surface area contributed by atoms with Crippen molar-refractivity contribution >= 4 is 7.75 Å². The maximum atomic E-state index is 15.0. The predicted octanol–water partition coefficient (Wildman–Crippen LogP) is 2.80. The molecule has 0 amide bonds. The molecule has 1 aromatic carbocycles. The number of alkyl halides is 1. The van der Waals surface area contributed by atoms with Crippen LogP contribution in [0.25, 0.3) is 0 Å². The van der Waals surface area contributed by atoms with Crippen molar-refractivity contribution in [3.05, 3.63) is 62.9 Å². The van der Waals surface area contributed by atoms with E-state index in [0.29, 0.717) is 13.2 Å². The van der Waals surface area contributed by atoms with E-state index in [0.717, 1.165) is 23.6 Å². The van der Waals surface area contributed by atoms with Gasteiger partial charge >= 0.3 is 13.4 Å². The van der Waals surface area contributed by atoms with Crippen LogP contribution in [-0.2, 0) is 23.3 Å². The van der Waals surface area contributed by atoms with E-state index in [-0.39, 0.29) is 11.3 Å². The second-order valence-corrected chi connectivity index (χ2v) is 10.9. The lowest BCUT2D eigenvalue weighted by Crippen LogP contribution is -2.41. The van der Waals surface area contributed by atoms with Gasteiger partial charge in [-0.15, -0.1) is 0 Å². The van der Waals surface area contributed by atoms with Crippen molar-refractivity contribution < 1.29 is 37.3 Å². The molecule has 0 radical (unpaired) electrons. The second kappa shape index (κ2) is 14.3. The van der Waals surface area contributed by atoms with Crippen LogP contribution in [0.4, 0.5) is 4.39 Å². The van der Waals surface area contributed by atoms with Gasteiger partial charge in [0.15, 0.2) is 18.7 Å². The monoisotopic (exact) mass is 573 g/mol. The smallest absolute Gasteiger partial charge is 0.413 e. The lowest BCUT2D eigenvalue weighted by Gasteiger charge is -2.29. The number of para-hydroxylation sites is 1. The van der Waals surface area contributed by atoms with Crippen molar-refractivity contribution in [3.8, 4) is 5.75 Å². The van der Waals surface area contributed by atoms with Gasteiger partial charge in [-0.25, -0.2) is 18.8 Å². The summed E-state index contributed by atoms with van der Waals surface area (Å²) in [5.41, 5.74) is -1.36. The van der Waals surface area contributed by atoms with E-state index in [1.165, 1.54) is 6.92 Å². The zero-order valence-electron chi connectivity index (χ0n) is 22.4. The van der Waals surface area contributed by atoms with E-state index in [2.05, 4.69) is 10.1 Å². The normalized spacial score (nSPS) is 23.6.